The van der Waals surface area contributed by atoms with Crippen LogP contribution in [0.1, 0.15) is 47.3 Å². The predicted molar refractivity (Wildman–Crippen MR) is 104 cm³/mol. The van der Waals surface area contributed by atoms with Gasteiger partial charge >= 0.3 is 0 Å². The van der Waals surface area contributed by atoms with Crippen molar-refractivity contribution >= 4 is 11.7 Å². The molecule has 140 valence electrons. The van der Waals surface area contributed by atoms with Gasteiger partial charge in [0.1, 0.15) is 5.75 Å². The van der Waals surface area contributed by atoms with Gasteiger partial charge < -0.3 is 9.64 Å². The fourth-order valence-electron chi connectivity index (χ4n) is 2.88. The van der Waals surface area contributed by atoms with Crippen LogP contribution in [0.5, 0.6) is 5.75 Å². The van der Waals surface area contributed by atoms with Gasteiger partial charge in [0.15, 0.2) is 5.78 Å². The molecule has 0 N–H and O–H groups in total. The SMILES string of the molecule is CCCN(Cc1ccc(C#N)cc1)C(=O)Cc1cc(C(C)=O)ccc1OC. The third kappa shape index (κ3) is 5.42. The van der Waals surface area contributed by atoms with Gasteiger partial charge in [-0.25, -0.2) is 0 Å². The van der Waals surface area contributed by atoms with E-state index < -0.39 is 0 Å². The summed E-state index contributed by atoms with van der Waals surface area (Å²) in [5, 5.41) is 8.91. The lowest BCUT2D eigenvalue weighted by Crippen LogP contribution is -2.32. The second-order valence-electron chi connectivity index (χ2n) is 6.38. The Morgan fingerprint density at radius 3 is 2.41 bits per heavy atom. The number of rotatable bonds is 8. The average molecular weight is 364 g/mol. The fraction of sp³-hybridized carbons (Fsp3) is 0.318. The molecule has 0 saturated carbocycles. The Morgan fingerprint density at radius 1 is 1.15 bits per heavy atom. The van der Waals surface area contributed by atoms with Crippen LogP contribution in [0.25, 0.3) is 0 Å². The molecular formula is C22H24N2O3. The van der Waals surface area contributed by atoms with Gasteiger partial charge in [-0.05, 0) is 49.2 Å². The largest absolute Gasteiger partial charge is 0.496 e. The zero-order valence-corrected chi connectivity index (χ0v) is 16.0. The van der Waals surface area contributed by atoms with Crippen molar-refractivity contribution in [2.24, 2.45) is 0 Å². The summed E-state index contributed by atoms with van der Waals surface area (Å²) < 4.78 is 5.35. The van der Waals surface area contributed by atoms with Crippen molar-refractivity contribution in [3.05, 3.63) is 64.7 Å². The lowest BCUT2D eigenvalue weighted by molar-refractivity contribution is -0.131. The van der Waals surface area contributed by atoms with E-state index in [1.807, 2.05) is 19.1 Å². The minimum atomic E-state index is -0.0469. The quantitative estimate of drug-likeness (QED) is 0.669. The van der Waals surface area contributed by atoms with Crippen LogP contribution < -0.4 is 4.74 Å². The van der Waals surface area contributed by atoms with Gasteiger partial charge in [0.25, 0.3) is 0 Å². The second-order valence-corrected chi connectivity index (χ2v) is 6.38. The van der Waals surface area contributed by atoms with Crippen LogP contribution >= 0.6 is 0 Å². The summed E-state index contributed by atoms with van der Waals surface area (Å²) in [4.78, 5) is 26.4. The molecule has 0 saturated heterocycles. The van der Waals surface area contributed by atoms with Gasteiger partial charge in [-0.1, -0.05) is 19.1 Å². The van der Waals surface area contributed by atoms with Crippen LogP contribution in [0.15, 0.2) is 42.5 Å². The first-order chi connectivity index (χ1) is 13.0. The van der Waals surface area contributed by atoms with Gasteiger partial charge in [-0.15, -0.1) is 0 Å². The molecule has 0 aromatic heterocycles. The molecule has 5 nitrogen and oxygen atoms in total. The van der Waals surface area contributed by atoms with Gasteiger partial charge in [0.2, 0.25) is 5.91 Å². The molecular weight excluding hydrogens is 340 g/mol. The predicted octanol–water partition coefficient (Wildman–Crippen LogP) is 3.75. The summed E-state index contributed by atoms with van der Waals surface area (Å²) in [5.74, 6) is 0.526. The zero-order valence-electron chi connectivity index (χ0n) is 16.0. The van der Waals surface area contributed by atoms with Gasteiger partial charge in [0.05, 0.1) is 25.2 Å². The van der Waals surface area contributed by atoms with Crippen molar-refractivity contribution in [2.45, 2.75) is 33.2 Å². The molecule has 0 atom stereocenters. The maximum Gasteiger partial charge on any atom is 0.227 e. The highest BCUT2D eigenvalue weighted by atomic mass is 16.5. The number of hydrogen-bond acceptors (Lipinski definition) is 4. The Balaban J connectivity index is 2.20. The Bertz CT molecular complexity index is 851. The second kappa shape index (κ2) is 9.54. The molecule has 0 spiro atoms. The Labute approximate surface area is 160 Å². The van der Waals surface area contributed by atoms with Gasteiger partial charge in [-0.3, -0.25) is 9.59 Å². The van der Waals surface area contributed by atoms with Crippen LogP contribution in [-0.4, -0.2) is 30.2 Å². The summed E-state index contributed by atoms with van der Waals surface area (Å²) in [6.45, 7) is 4.64. The molecule has 0 heterocycles. The van der Waals surface area contributed by atoms with Crippen LogP contribution in [0.2, 0.25) is 0 Å². The first kappa shape index (κ1) is 20.2. The number of Topliss-reactive ketones (excluding diaryl/α,β-unsaturated/α-hetero) is 1. The lowest BCUT2D eigenvalue weighted by Gasteiger charge is -2.23. The number of ether oxygens (including phenoxy) is 1. The standard InChI is InChI=1S/C22H24N2O3/c1-4-11-24(15-18-7-5-17(14-23)6-8-18)22(26)13-20-12-19(16(2)25)9-10-21(20)27-3/h5-10,12H,4,11,13,15H2,1-3H3. The Kier molecular flexibility index (Phi) is 7.13. The Hall–Kier alpha value is -3.13. The van der Waals surface area contributed by atoms with Crippen molar-refractivity contribution in [3.8, 4) is 11.8 Å². The monoisotopic (exact) mass is 364 g/mol. The summed E-state index contributed by atoms with van der Waals surface area (Å²) in [6, 6.07) is 14.5. The third-order valence-electron chi connectivity index (χ3n) is 4.33. The lowest BCUT2D eigenvalue weighted by atomic mass is 10.0. The highest BCUT2D eigenvalue weighted by Gasteiger charge is 2.17. The molecule has 0 fully saturated rings. The first-order valence-corrected chi connectivity index (χ1v) is 8.93. The van der Waals surface area contributed by atoms with Crippen molar-refractivity contribution < 1.29 is 14.3 Å². The number of carbonyl (C=O) groups excluding carboxylic acids is 2. The van der Waals surface area contributed by atoms with Gasteiger partial charge in [-0.2, -0.15) is 5.26 Å². The number of benzene rings is 2. The average Bonchev–Trinajstić information content (AvgIpc) is 2.68. The van der Waals surface area contributed by atoms with Crippen molar-refractivity contribution in [1.82, 2.24) is 4.90 Å². The maximum atomic E-state index is 12.9. The van der Waals surface area contributed by atoms with E-state index in [0.29, 0.717) is 35.5 Å². The summed E-state index contributed by atoms with van der Waals surface area (Å²) in [5.41, 5.74) is 2.84. The molecule has 0 aliphatic rings. The van der Waals surface area contributed by atoms with E-state index in [1.54, 1.807) is 42.3 Å². The van der Waals surface area contributed by atoms with Crippen molar-refractivity contribution in [1.29, 1.82) is 5.26 Å². The zero-order chi connectivity index (χ0) is 19.8. The smallest absolute Gasteiger partial charge is 0.227 e. The highest BCUT2D eigenvalue weighted by molar-refractivity contribution is 5.94. The molecule has 2 aromatic carbocycles. The molecule has 1 amide bonds. The van der Waals surface area contributed by atoms with Gasteiger partial charge in [0, 0.05) is 24.2 Å². The molecule has 5 heteroatoms. The minimum Gasteiger partial charge on any atom is -0.496 e. The number of ketones is 1. The molecule has 0 aliphatic carbocycles. The molecule has 0 unspecified atom stereocenters. The normalized spacial score (nSPS) is 10.1. The number of nitriles is 1. The fourth-order valence-corrected chi connectivity index (χ4v) is 2.88. The minimum absolute atomic E-state index is 0.0276. The van der Waals surface area contributed by atoms with E-state index in [1.165, 1.54) is 6.92 Å². The maximum absolute atomic E-state index is 12.9. The molecule has 27 heavy (non-hydrogen) atoms. The molecule has 0 bridgehead atoms. The highest BCUT2D eigenvalue weighted by Crippen LogP contribution is 2.22. The summed E-state index contributed by atoms with van der Waals surface area (Å²) >= 11 is 0. The number of carbonyl (C=O) groups is 2. The summed E-state index contributed by atoms with van der Waals surface area (Å²) in [7, 11) is 1.55. The van der Waals surface area contributed by atoms with E-state index in [2.05, 4.69) is 6.07 Å². The number of amides is 1. The van der Waals surface area contributed by atoms with E-state index in [4.69, 9.17) is 10.00 Å². The van der Waals surface area contributed by atoms with Crippen LogP contribution in [0.4, 0.5) is 0 Å². The number of methoxy groups -OCH3 is 1. The molecule has 2 rings (SSSR count). The van der Waals surface area contributed by atoms with Crippen LogP contribution in [0.3, 0.4) is 0 Å². The first-order valence-electron chi connectivity index (χ1n) is 8.93. The number of nitrogens with zero attached hydrogens (tertiary/aromatic N) is 2. The third-order valence-corrected chi connectivity index (χ3v) is 4.33. The Morgan fingerprint density at radius 2 is 1.85 bits per heavy atom. The van der Waals surface area contributed by atoms with E-state index >= 15 is 0 Å². The van der Waals surface area contributed by atoms with Crippen LogP contribution in [-0.2, 0) is 17.8 Å². The van der Waals surface area contributed by atoms with E-state index in [-0.39, 0.29) is 18.1 Å². The number of hydrogen-bond donors (Lipinski definition) is 0. The molecule has 0 radical (unpaired) electrons. The topological polar surface area (TPSA) is 70.4 Å². The van der Waals surface area contributed by atoms with Crippen molar-refractivity contribution in [3.63, 3.8) is 0 Å². The van der Waals surface area contributed by atoms with Crippen molar-refractivity contribution in [2.75, 3.05) is 13.7 Å². The van der Waals surface area contributed by atoms with E-state index in [9.17, 15) is 9.59 Å². The van der Waals surface area contributed by atoms with Crippen LogP contribution in [0, 0.1) is 11.3 Å². The molecule has 2 aromatic rings. The summed E-state index contributed by atoms with van der Waals surface area (Å²) in [6.07, 6.45) is 1.01. The van der Waals surface area contributed by atoms with E-state index in [0.717, 1.165) is 12.0 Å². The molecule has 0 aliphatic heterocycles.